The molecule has 160 valence electrons. The summed E-state index contributed by atoms with van der Waals surface area (Å²) in [5.74, 6) is -0.0822. The quantitative estimate of drug-likeness (QED) is 0.563. The first kappa shape index (κ1) is 20.4. The molecule has 2 heterocycles. The van der Waals surface area contributed by atoms with Crippen LogP contribution in [0.5, 0.6) is 0 Å². The number of nitrogens with two attached hydrogens (primary N) is 1. The maximum Gasteiger partial charge on any atom is 0.329 e. The number of likely N-dealkylation sites (tertiary alicyclic amines) is 1. The van der Waals surface area contributed by atoms with E-state index in [-0.39, 0.29) is 23.9 Å². The highest BCUT2D eigenvalue weighted by molar-refractivity contribution is 5.65. The molecule has 10 heteroatoms. The summed E-state index contributed by atoms with van der Waals surface area (Å²) in [4.78, 5) is 28.7. The Balaban J connectivity index is 1.94. The molecule has 4 unspecified atom stereocenters. The zero-order chi connectivity index (χ0) is 21.0. The second kappa shape index (κ2) is 7.41. The largest absolute Gasteiger partial charge is 0.395 e. The smallest absolute Gasteiger partial charge is 0.329 e. The number of aliphatic hydroxyl groups is 1. The average Bonchev–Trinajstić information content (AvgIpc) is 3.38. The fourth-order valence-electron chi connectivity index (χ4n) is 4.81. The molecule has 7 nitrogen and oxygen atoms in total. The number of fused-ring (bicyclic) bond motifs is 1. The number of nitrogens with zero attached hydrogens (tertiary/aromatic N) is 2. The maximum atomic E-state index is 15.5. The van der Waals surface area contributed by atoms with E-state index in [9.17, 15) is 23.5 Å². The van der Waals surface area contributed by atoms with Gasteiger partial charge in [-0.15, -0.1) is 0 Å². The number of H-pyrrole nitrogens is 1. The number of alkyl halides is 3. The van der Waals surface area contributed by atoms with Crippen molar-refractivity contribution in [3.8, 4) is 0 Å². The van der Waals surface area contributed by atoms with Gasteiger partial charge in [0.25, 0.3) is 12.0 Å². The van der Waals surface area contributed by atoms with E-state index in [1.165, 1.54) is 4.57 Å². The Morgan fingerprint density at radius 1 is 1.28 bits per heavy atom. The van der Waals surface area contributed by atoms with E-state index in [4.69, 9.17) is 5.73 Å². The van der Waals surface area contributed by atoms with E-state index in [0.717, 1.165) is 0 Å². The van der Waals surface area contributed by atoms with E-state index in [2.05, 4.69) is 4.98 Å². The van der Waals surface area contributed by atoms with Crippen LogP contribution in [0.3, 0.4) is 0 Å². The first-order valence-electron chi connectivity index (χ1n) is 9.88. The van der Waals surface area contributed by atoms with Crippen molar-refractivity contribution in [3.63, 3.8) is 0 Å². The number of aliphatic hydroxyl groups excluding tert-OH is 1. The molecule has 0 radical (unpaired) electrons. The lowest BCUT2D eigenvalue weighted by Gasteiger charge is -2.35. The van der Waals surface area contributed by atoms with Gasteiger partial charge in [-0.25, -0.2) is 18.0 Å². The molecule has 2 aliphatic carbocycles. The first-order chi connectivity index (χ1) is 13.8. The van der Waals surface area contributed by atoms with Gasteiger partial charge in [-0.2, -0.15) is 0 Å². The maximum absolute atomic E-state index is 15.5. The lowest BCUT2D eigenvalue weighted by Crippen LogP contribution is -2.62. The van der Waals surface area contributed by atoms with Gasteiger partial charge in [0, 0.05) is 24.2 Å². The molecule has 1 aliphatic heterocycles. The Labute approximate surface area is 164 Å². The summed E-state index contributed by atoms with van der Waals surface area (Å²) in [6.45, 7) is 2.19. The molecule has 1 aromatic heterocycles. The fraction of sp³-hybridized carbons (Fsp3) is 0.684. The zero-order valence-corrected chi connectivity index (χ0v) is 16.1. The lowest BCUT2D eigenvalue weighted by molar-refractivity contribution is 0.153. The van der Waals surface area contributed by atoms with Crippen molar-refractivity contribution < 1.29 is 18.3 Å². The molecular formula is C19H25F3N4O3. The molecule has 1 saturated heterocycles. The molecule has 1 saturated carbocycles. The topological polar surface area (TPSA) is 104 Å². The number of halogens is 3. The minimum atomic E-state index is -3.16. The Kier molecular flexibility index (Phi) is 5.20. The summed E-state index contributed by atoms with van der Waals surface area (Å²) in [7, 11) is 0. The van der Waals surface area contributed by atoms with Crippen LogP contribution < -0.4 is 27.6 Å². The third kappa shape index (κ3) is 3.27. The minimum Gasteiger partial charge on any atom is -0.395 e. The van der Waals surface area contributed by atoms with E-state index >= 15 is 4.39 Å². The Bertz CT molecular complexity index is 1050. The standard InChI is InChI=1S/C19H25F3N4O3/c1-8-15-13(18(28)24-19(29)26(15)10-2-3-10)12(17(21)22)14(20)16(8)25-5-4-9(6-25)11(23)7-27/h9-11,14,16-17,27H,2-7,23H2,1H3,(H,24,28,29). The van der Waals surface area contributed by atoms with E-state index < -0.39 is 46.7 Å². The molecule has 1 aromatic rings. The van der Waals surface area contributed by atoms with Crippen molar-refractivity contribution in [1.82, 2.24) is 14.5 Å². The first-order valence-corrected chi connectivity index (χ1v) is 9.88. The Morgan fingerprint density at radius 2 is 1.97 bits per heavy atom. The van der Waals surface area contributed by atoms with Crippen molar-refractivity contribution in [2.75, 3.05) is 19.7 Å². The molecule has 3 aliphatic rings. The number of hydrogen-bond donors (Lipinski definition) is 3. The van der Waals surface area contributed by atoms with Crippen molar-refractivity contribution in [2.24, 2.45) is 11.7 Å². The van der Waals surface area contributed by atoms with Crippen LogP contribution in [0.4, 0.5) is 13.2 Å². The molecular weight excluding hydrogens is 389 g/mol. The predicted molar refractivity (Wildman–Crippen MR) is 101 cm³/mol. The van der Waals surface area contributed by atoms with Crippen LogP contribution in [0.15, 0.2) is 9.59 Å². The van der Waals surface area contributed by atoms with Gasteiger partial charge in [0.05, 0.1) is 23.2 Å². The summed E-state index contributed by atoms with van der Waals surface area (Å²) in [6, 6.07) is -1.65. The highest BCUT2D eigenvalue weighted by atomic mass is 19.3. The zero-order valence-electron chi connectivity index (χ0n) is 16.1. The van der Waals surface area contributed by atoms with Gasteiger partial charge in [-0.1, -0.05) is 0 Å². The third-order valence-electron chi connectivity index (χ3n) is 6.44. The van der Waals surface area contributed by atoms with Crippen molar-refractivity contribution in [3.05, 3.63) is 31.4 Å². The van der Waals surface area contributed by atoms with Gasteiger partial charge in [0.15, 0.2) is 0 Å². The molecule has 4 atom stereocenters. The molecule has 4 rings (SSSR count). The summed E-state index contributed by atoms with van der Waals surface area (Å²) in [6.07, 6.45) is -3.21. The Hall–Kier alpha value is -1.91. The molecule has 4 N–H and O–H groups in total. The minimum absolute atomic E-state index is 0.0822. The highest BCUT2D eigenvalue weighted by Gasteiger charge is 2.43. The van der Waals surface area contributed by atoms with E-state index in [0.29, 0.717) is 37.9 Å². The van der Waals surface area contributed by atoms with Gasteiger partial charge in [0.1, 0.15) is 6.17 Å². The molecule has 2 fully saturated rings. The van der Waals surface area contributed by atoms with Crippen LogP contribution in [0.25, 0.3) is 11.1 Å². The number of aromatic nitrogens is 2. The predicted octanol–water partition coefficient (Wildman–Crippen LogP) is -1.18. The van der Waals surface area contributed by atoms with Crippen molar-refractivity contribution in [2.45, 2.75) is 56.9 Å². The molecule has 0 spiro atoms. The van der Waals surface area contributed by atoms with Gasteiger partial charge in [-0.3, -0.25) is 19.2 Å². The van der Waals surface area contributed by atoms with Crippen LogP contribution in [0.2, 0.25) is 0 Å². The number of nitrogens with one attached hydrogen (secondary N) is 1. The second-order valence-corrected chi connectivity index (χ2v) is 8.26. The van der Waals surface area contributed by atoms with Crippen LogP contribution in [0.1, 0.15) is 32.2 Å². The highest BCUT2D eigenvalue weighted by Crippen LogP contribution is 2.34. The van der Waals surface area contributed by atoms with Gasteiger partial charge in [0.2, 0.25) is 0 Å². The molecule has 0 aromatic carbocycles. The summed E-state index contributed by atoms with van der Waals surface area (Å²) < 4.78 is 44.7. The van der Waals surface area contributed by atoms with Crippen LogP contribution >= 0.6 is 0 Å². The molecule has 0 amide bonds. The van der Waals surface area contributed by atoms with Crippen molar-refractivity contribution >= 4 is 11.1 Å². The monoisotopic (exact) mass is 414 g/mol. The number of aromatic amines is 1. The Morgan fingerprint density at radius 3 is 2.55 bits per heavy atom. The third-order valence-corrected chi connectivity index (χ3v) is 6.44. The van der Waals surface area contributed by atoms with Crippen LogP contribution in [-0.4, -0.2) is 63.9 Å². The summed E-state index contributed by atoms with van der Waals surface area (Å²) in [5.41, 5.74) is 3.83. The van der Waals surface area contributed by atoms with Crippen LogP contribution in [0, 0.1) is 5.92 Å². The normalized spacial score (nSPS) is 28.9. The SMILES string of the molecule is CC1=c2c(c(=O)[nH]c(=O)n2C2CC2)=C(C(F)F)C(F)C1N1CCC(C(N)CO)C1. The van der Waals surface area contributed by atoms with E-state index in [1.54, 1.807) is 11.8 Å². The number of rotatable bonds is 5. The summed E-state index contributed by atoms with van der Waals surface area (Å²) >= 11 is 0. The fourth-order valence-corrected chi connectivity index (χ4v) is 4.81. The average molecular weight is 414 g/mol. The lowest BCUT2D eigenvalue weighted by atomic mass is 9.89. The summed E-state index contributed by atoms with van der Waals surface area (Å²) in [5, 5.41) is 9.03. The van der Waals surface area contributed by atoms with Gasteiger partial charge in [-0.05, 0) is 44.2 Å². The molecule has 0 bridgehead atoms. The van der Waals surface area contributed by atoms with E-state index in [1.807, 2.05) is 0 Å². The van der Waals surface area contributed by atoms with Gasteiger partial charge < -0.3 is 10.8 Å². The van der Waals surface area contributed by atoms with Crippen LogP contribution in [-0.2, 0) is 0 Å². The second-order valence-electron chi connectivity index (χ2n) is 8.26. The number of hydrogen-bond acceptors (Lipinski definition) is 5. The molecule has 29 heavy (non-hydrogen) atoms. The van der Waals surface area contributed by atoms with Crippen molar-refractivity contribution in [1.29, 1.82) is 0 Å². The van der Waals surface area contributed by atoms with Gasteiger partial charge >= 0.3 is 5.69 Å².